The van der Waals surface area contributed by atoms with Crippen LogP contribution in [0.3, 0.4) is 0 Å². The van der Waals surface area contributed by atoms with Crippen LogP contribution < -0.4 is 15.5 Å². The van der Waals surface area contributed by atoms with Crippen LogP contribution >= 0.6 is 0 Å². The molecule has 0 bridgehead atoms. The first-order valence-corrected chi connectivity index (χ1v) is 12.1. The highest BCUT2D eigenvalue weighted by molar-refractivity contribution is 7.95. The number of benzene rings is 2. The van der Waals surface area contributed by atoms with Crippen LogP contribution in [-0.2, 0) is 29.9 Å². The summed E-state index contributed by atoms with van der Waals surface area (Å²) in [5.41, 5.74) is 3.67. The van der Waals surface area contributed by atoms with Gasteiger partial charge in [-0.15, -0.1) is 5.10 Å². The molecule has 0 saturated carbocycles. The molecule has 2 aromatic carbocycles. The lowest BCUT2D eigenvalue weighted by Gasteiger charge is -2.15. The third kappa shape index (κ3) is 3.41. The Hall–Kier alpha value is -3.79. The largest absolute Gasteiger partial charge is 0.493 e. The van der Waals surface area contributed by atoms with Gasteiger partial charge < -0.3 is 10.1 Å². The molecule has 0 saturated heterocycles. The fraction of sp³-hybridized carbons (Fsp3) is 0.208. The lowest BCUT2D eigenvalue weighted by Crippen LogP contribution is -2.25. The number of rotatable bonds is 5. The van der Waals surface area contributed by atoms with Crippen LogP contribution in [0.25, 0.3) is 17.2 Å². The Morgan fingerprint density at radius 3 is 2.88 bits per heavy atom. The summed E-state index contributed by atoms with van der Waals surface area (Å²) in [5.74, 6) is 0.833. The van der Waals surface area contributed by atoms with Crippen LogP contribution in [0.2, 0.25) is 0 Å². The van der Waals surface area contributed by atoms with Gasteiger partial charge in [-0.05, 0) is 36.8 Å². The second kappa shape index (κ2) is 8.21. The molecule has 34 heavy (non-hydrogen) atoms. The van der Waals surface area contributed by atoms with Crippen molar-refractivity contribution in [2.45, 2.75) is 24.8 Å². The summed E-state index contributed by atoms with van der Waals surface area (Å²) >= 11 is 0. The number of anilines is 1. The van der Waals surface area contributed by atoms with E-state index in [2.05, 4.69) is 27.2 Å². The first-order valence-electron chi connectivity index (χ1n) is 10.6. The topological polar surface area (TPSA) is 97.9 Å². The van der Waals surface area contributed by atoms with E-state index in [0.29, 0.717) is 52.5 Å². The molecule has 10 heteroatoms. The van der Waals surface area contributed by atoms with Crippen molar-refractivity contribution in [3.63, 3.8) is 0 Å². The van der Waals surface area contributed by atoms with E-state index in [9.17, 15) is 12.8 Å². The lowest BCUT2D eigenvalue weighted by atomic mass is 10.0. The number of fused-ring (bicyclic) bond motifs is 2. The van der Waals surface area contributed by atoms with Crippen LogP contribution in [0.15, 0.2) is 56.5 Å². The molecule has 0 aliphatic carbocycles. The zero-order valence-electron chi connectivity index (χ0n) is 18.7. The highest BCUT2D eigenvalue weighted by Crippen LogP contribution is 2.38. The molecule has 8 nitrogen and oxygen atoms in total. The van der Waals surface area contributed by atoms with Gasteiger partial charge >= 0.3 is 0 Å². The van der Waals surface area contributed by atoms with Gasteiger partial charge in [0.2, 0.25) is 15.8 Å². The minimum absolute atomic E-state index is 0.209. The Labute approximate surface area is 196 Å². The normalized spacial score (nSPS) is 16.0. The third-order valence-corrected chi connectivity index (χ3v) is 8.04. The summed E-state index contributed by atoms with van der Waals surface area (Å²) in [4.78, 5) is 5.06. The van der Waals surface area contributed by atoms with Crippen molar-refractivity contribution in [3.8, 4) is 16.9 Å². The number of sulfone groups is 1. The Bertz CT molecular complexity index is 1560. The van der Waals surface area contributed by atoms with Crippen molar-refractivity contribution in [1.82, 2.24) is 9.55 Å². The number of nitrogens with one attached hydrogen (secondary N) is 1. The summed E-state index contributed by atoms with van der Waals surface area (Å²) < 4.78 is 47.0. The molecule has 0 atom stereocenters. The molecule has 0 fully saturated rings. The van der Waals surface area contributed by atoms with Crippen molar-refractivity contribution in [2.24, 2.45) is 17.3 Å². The van der Waals surface area contributed by atoms with Crippen molar-refractivity contribution in [1.29, 1.82) is 0 Å². The smallest absolute Gasteiger partial charge is 0.204 e. The molecule has 1 N–H and O–H groups in total. The zero-order chi connectivity index (χ0) is 24.0. The molecular weight excluding hydrogens is 457 g/mol. The molecular formula is C24H22FN5O3S. The first kappa shape index (κ1) is 22.0. The van der Waals surface area contributed by atoms with Gasteiger partial charge in [-0.25, -0.2) is 17.8 Å². The van der Waals surface area contributed by atoms with E-state index in [0.717, 1.165) is 5.56 Å². The number of allylic oxidation sites excluding steroid dienone is 1. The van der Waals surface area contributed by atoms with Gasteiger partial charge in [0.15, 0.2) is 5.49 Å². The van der Waals surface area contributed by atoms with Gasteiger partial charge in [0, 0.05) is 60.1 Å². The number of hydrogen-bond donors (Lipinski definition) is 1. The summed E-state index contributed by atoms with van der Waals surface area (Å²) in [6.45, 7) is 5.79. The molecule has 0 amide bonds. The third-order valence-electron chi connectivity index (χ3n) is 6.14. The summed E-state index contributed by atoms with van der Waals surface area (Å²) in [6.07, 6.45) is 3.90. The monoisotopic (exact) mass is 479 g/mol. The fourth-order valence-corrected chi connectivity index (χ4v) is 5.72. The van der Waals surface area contributed by atoms with E-state index in [1.54, 1.807) is 49.0 Å². The SMILES string of the molecule is C=N/N=c1/c(-c2cccc3c2C=C(C)S3(=O)=O)cnc(NCc2c(F)ccc3c2CCO3)n1C. The molecule has 2 aliphatic rings. The molecule has 174 valence electrons. The average Bonchev–Trinajstić information content (AvgIpc) is 3.38. The van der Waals surface area contributed by atoms with Gasteiger partial charge in [0.1, 0.15) is 11.6 Å². The quantitative estimate of drug-likeness (QED) is 0.447. The highest BCUT2D eigenvalue weighted by Gasteiger charge is 2.29. The second-order valence-electron chi connectivity index (χ2n) is 8.05. The van der Waals surface area contributed by atoms with E-state index in [4.69, 9.17) is 4.74 Å². The van der Waals surface area contributed by atoms with Gasteiger partial charge in [0.05, 0.1) is 11.5 Å². The minimum atomic E-state index is -3.50. The van der Waals surface area contributed by atoms with Gasteiger partial charge in [-0.3, -0.25) is 4.57 Å². The van der Waals surface area contributed by atoms with E-state index >= 15 is 0 Å². The standard InChI is InChI=1S/C24H22FN5O3S/c1-14-11-17-15(5-4-6-22(17)34(14,31)32)19-13-28-24(30(3)23(19)29-26-2)27-12-18-16-9-10-33-21(16)8-7-20(18)25/h4-8,11,13H,2,9-10,12H2,1,3H3,(H,27,28)/b29-23-. The summed E-state index contributed by atoms with van der Waals surface area (Å²) in [5, 5.41) is 11.1. The van der Waals surface area contributed by atoms with Crippen molar-refractivity contribution < 1.29 is 17.5 Å². The predicted molar refractivity (Wildman–Crippen MR) is 128 cm³/mol. The number of nitrogens with zero attached hydrogens (tertiary/aromatic N) is 4. The minimum Gasteiger partial charge on any atom is -0.493 e. The maximum Gasteiger partial charge on any atom is 0.204 e. The second-order valence-corrected chi connectivity index (χ2v) is 10.1. The van der Waals surface area contributed by atoms with Crippen molar-refractivity contribution >= 4 is 28.6 Å². The van der Waals surface area contributed by atoms with Gasteiger partial charge in [0.25, 0.3) is 0 Å². The molecule has 0 radical (unpaired) electrons. The fourth-order valence-electron chi connectivity index (χ4n) is 4.38. The van der Waals surface area contributed by atoms with Gasteiger partial charge in [-0.1, -0.05) is 12.1 Å². The Morgan fingerprint density at radius 2 is 2.09 bits per heavy atom. The first-order chi connectivity index (χ1) is 16.3. The Kier molecular flexibility index (Phi) is 5.32. The van der Waals surface area contributed by atoms with E-state index in [1.807, 2.05) is 6.07 Å². The molecule has 2 aliphatic heterocycles. The molecule has 1 aromatic heterocycles. The summed E-state index contributed by atoms with van der Waals surface area (Å²) in [7, 11) is -1.75. The Morgan fingerprint density at radius 1 is 1.26 bits per heavy atom. The van der Waals surface area contributed by atoms with Crippen molar-refractivity contribution in [2.75, 3.05) is 11.9 Å². The maximum absolute atomic E-state index is 14.5. The summed E-state index contributed by atoms with van der Waals surface area (Å²) in [6, 6.07) is 8.15. The average molecular weight is 480 g/mol. The predicted octanol–water partition coefficient (Wildman–Crippen LogP) is 3.44. The lowest BCUT2D eigenvalue weighted by molar-refractivity contribution is 0.356. The zero-order valence-corrected chi connectivity index (χ0v) is 19.5. The Balaban J connectivity index is 1.57. The van der Waals surface area contributed by atoms with E-state index < -0.39 is 9.84 Å². The molecule has 0 unspecified atom stereocenters. The van der Waals surface area contributed by atoms with Crippen LogP contribution in [-0.4, -0.2) is 31.3 Å². The van der Waals surface area contributed by atoms with Crippen LogP contribution in [0, 0.1) is 5.82 Å². The molecule has 0 spiro atoms. The maximum atomic E-state index is 14.5. The molecule has 5 rings (SSSR count). The van der Waals surface area contributed by atoms with Crippen molar-refractivity contribution in [3.05, 3.63) is 69.4 Å². The number of hydrogen-bond acceptors (Lipinski definition) is 7. The van der Waals surface area contributed by atoms with Crippen LogP contribution in [0.4, 0.5) is 10.3 Å². The van der Waals surface area contributed by atoms with Gasteiger partial charge in [-0.2, -0.15) is 5.10 Å². The van der Waals surface area contributed by atoms with E-state index in [-0.39, 0.29) is 22.2 Å². The van der Waals surface area contributed by atoms with Crippen LogP contribution in [0.1, 0.15) is 23.6 Å². The van der Waals surface area contributed by atoms with Crippen LogP contribution in [0.5, 0.6) is 5.75 Å². The molecule has 3 heterocycles. The number of aromatic nitrogens is 2. The number of ether oxygens (including phenoxy) is 1. The highest BCUT2D eigenvalue weighted by atomic mass is 32.2. The van der Waals surface area contributed by atoms with E-state index in [1.165, 1.54) is 6.07 Å². The molecule has 3 aromatic rings. The number of halogens is 1.